The van der Waals surface area contributed by atoms with Crippen molar-refractivity contribution >= 4 is 60.4 Å². The third-order valence-electron chi connectivity index (χ3n) is 8.81. The number of benzene rings is 4. The summed E-state index contributed by atoms with van der Waals surface area (Å²) in [6.45, 7) is 0. The van der Waals surface area contributed by atoms with Gasteiger partial charge < -0.3 is 4.57 Å². The van der Waals surface area contributed by atoms with E-state index in [1.807, 2.05) is 30.6 Å². The van der Waals surface area contributed by atoms with E-state index in [4.69, 9.17) is 15.0 Å². The minimum atomic E-state index is 0.826. The topological polar surface area (TPSA) is 48.0 Å². The van der Waals surface area contributed by atoms with E-state index in [0.717, 1.165) is 50.7 Å². The third kappa shape index (κ3) is 2.63. The van der Waals surface area contributed by atoms with Gasteiger partial charge >= 0.3 is 0 Å². The maximum atomic E-state index is 5.09. The van der Waals surface area contributed by atoms with Gasteiger partial charge in [0.15, 0.2) is 5.65 Å². The maximum absolute atomic E-state index is 5.09. The van der Waals surface area contributed by atoms with Gasteiger partial charge in [-0.3, -0.25) is 4.40 Å². The second kappa shape index (κ2) is 7.55. The van der Waals surface area contributed by atoms with Crippen LogP contribution in [0.3, 0.4) is 0 Å². The van der Waals surface area contributed by atoms with Crippen LogP contribution in [0.2, 0.25) is 0 Å². The van der Waals surface area contributed by atoms with E-state index in [1.165, 1.54) is 44.1 Å². The predicted molar refractivity (Wildman–Crippen MR) is 166 cm³/mol. The van der Waals surface area contributed by atoms with Crippen LogP contribution in [0.15, 0.2) is 116 Å². The molecule has 0 N–H and O–H groups in total. The standard InChI is InChI=1S/C36H21N5/c1-2-9-22(10-3-1)40-32-25(15-14-24-23-11-5-4-8-21(23)20-29(24)32)26-16-17-28-31(33(26)40)27-12-6-18-37-34(27)41-35(28)39-30-13-7-19-38-36(30)41/h1-19H,20H2. The van der Waals surface area contributed by atoms with Crippen LogP contribution in [0.4, 0.5) is 0 Å². The molecular weight excluding hydrogens is 502 g/mol. The summed E-state index contributed by atoms with van der Waals surface area (Å²) in [5, 5.41) is 5.85. The zero-order valence-corrected chi connectivity index (χ0v) is 21.9. The molecule has 0 saturated heterocycles. The first-order valence-corrected chi connectivity index (χ1v) is 13.9. The molecule has 41 heavy (non-hydrogen) atoms. The highest BCUT2D eigenvalue weighted by atomic mass is 15.1. The van der Waals surface area contributed by atoms with Gasteiger partial charge in [0.1, 0.15) is 16.8 Å². The van der Waals surface area contributed by atoms with Gasteiger partial charge in [-0.05, 0) is 64.7 Å². The molecular formula is C36H21N5. The molecule has 0 fully saturated rings. The van der Waals surface area contributed by atoms with Crippen molar-refractivity contribution in [3.63, 3.8) is 0 Å². The van der Waals surface area contributed by atoms with Crippen LogP contribution >= 0.6 is 0 Å². The molecule has 4 aromatic carbocycles. The summed E-state index contributed by atoms with van der Waals surface area (Å²) < 4.78 is 4.60. The van der Waals surface area contributed by atoms with E-state index >= 15 is 0 Å². The fourth-order valence-electron chi connectivity index (χ4n) is 7.18. The highest BCUT2D eigenvalue weighted by molar-refractivity contribution is 6.28. The first kappa shape index (κ1) is 21.3. The Kier molecular flexibility index (Phi) is 3.92. The molecule has 5 heteroatoms. The molecule has 0 radical (unpaired) electrons. The highest BCUT2D eigenvalue weighted by Crippen LogP contribution is 2.46. The minimum absolute atomic E-state index is 0.826. The van der Waals surface area contributed by atoms with E-state index in [1.54, 1.807) is 0 Å². The van der Waals surface area contributed by atoms with Gasteiger partial charge in [-0.15, -0.1) is 0 Å². The summed E-state index contributed by atoms with van der Waals surface area (Å²) in [5.41, 5.74) is 12.5. The van der Waals surface area contributed by atoms with Crippen molar-refractivity contribution in [3.8, 4) is 16.8 Å². The zero-order chi connectivity index (χ0) is 26.7. The number of nitrogens with zero attached hydrogens (tertiary/aromatic N) is 5. The summed E-state index contributed by atoms with van der Waals surface area (Å²) in [7, 11) is 0. The summed E-state index contributed by atoms with van der Waals surface area (Å²) in [6, 6.07) is 36.9. The predicted octanol–water partition coefficient (Wildman–Crippen LogP) is 8.25. The van der Waals surface area contributed by atoms with Crippen molar-refractivity contribution in [2.75, 3.05) is 0 Å². The molecule has 10 rings (SSSR count). The van der Waals surface area contributed by atoms with Crippen molar-refractivity contribution in [1.29, 1.82) is 0 Å². The molecule has 0 spiro atoms. The quantitative estimate of drug-likeness (QED) is 0.204. The van der Waals surface area contributed by atoms with Crippen molar-refractivity contribution in [2.24, 2.45) is 0 Å². The van der Waals surface area contributed by atoms with Crippen LogP contribution in [-0.4, -0.2) is 23.9 Å². The molecule has 0 atom stereocenters. The molecule has 9 aromatic rings. The molecule has 5 nitrogen and oxygen atoms in total. The van der Waals surface area contributed by atoms with Crippen LogP contribution in [-0.2, 0) is 6.42 Å². The number of fused-ring (bicyclic) bond motifs is 16. The molecule has 0 amide bonds. The Bertz CT molecular complexity index is 2550. The molecule has 0 bridgehead atoms. The summed E-state index contributed by atoms with van der Waals surface area (Å²) >= 11 is 0. The number of aromatic nitrogens is 5. The Labute approximate surface area is 234 Å². The Morgan fingerprint density at radius 2 is 1.27 bits per heavy atom. The van der Waals surface area contributed by atoms with Gasteiger partial charge in [-0.25, -0.2) is 15.0 Å². The van der Waals surface area contributed by atoms with Crippen molar-refractivity contribution in [1.82, 2.24) is 23.9 Å². The molecule has 0 unspecified atom stereocenters. The SMILES string of the molecule is c1ccc(-n2c3c4c(ccc3c3ccc5c(c6cccnc6n6c7ncccc7nc56)c32)-c2ccccc2C4)cc1. The van der Waals surface area contributed by atoms with Crippen molar-refractivity contribution in [2.45, 2.75) is 6.42 Å². The highest BCUT2D eigenvalue weighted by Gasteiger charge is 2.26. The molecule has 5 heterocycles. The monoisotopic (exact) mass is 523 g/mol. The lowest BCUT2D eigenvalue weighted by atomic mass is 10.0. The van der Waals surface area contributed by atoms with Crippen LogP contribution in [0.25, 0.3) is 77.2 Å². The first-order valence-electron chi connectivity index (χ1n) is 13.9. The molecule has 1 aliphatic rings. The average molecular weight is 524 g/mol. The first-order chi connectivity index (χ1) is 20.4. The van der Waals surface area contributed by atoms with Crippen LogP contribution in [0.5, 0.6) is 0 Å². The second-order valence-corrected chi connectivity index (χ2v) is 10.9. The summed E-state index contributed by atoms with van der Waals surface area (Å²) in [4.78, 5) is 14.7. The van der Waals surface area contributed by atoms with Crippen molar-refractivity contribution < 1.29 is 0 Å². The number of imidazole rings is 1. The lowest BCUT2D eigenvalue weighted by molar-refractivity contribution is 1.16. The van der Waals surface area contributed by atoms with Gasteiger partial charge in [-0.1, -0.05) is 60.7 Å². The van der Waals surface area contributed by atoms with Gasteiger partial charge in [0.25, 0.3) is 0 Å². The van der Waals surface area contributed by atoms with E-state index < -0.39 is 0 Å². The van der Waals surface area contributed by atoms with Crippen LogP contribution < -0.4 is 0 Å². The molecule has 0 aliphatic heterocycles. The van der Waals surface area contributed by atoms with E-state index in [9.17, 15) is 0 Å². The zero-order valence-electron chi connectivity index (χ0n) is 21.9. The third-order valence-corrected chi connectivity index (χ3v) is 8.81. The number of hydrogen-bond acceptors (Lipinski definition) is 3. The molecule has 0 saturated carbocycles. The molecule has 190 valence electrons. The lowest BCUT2D eigenvalue weighted by Gasteiger charge is -2.14. The Balaban J connectivity index is 1.49. The fraction of sp³-hybridized carbons (Fsp3) is 0.0278. The van der Waals surface area contributed by atoms with E-state index in [2.05, 4.69) is 93.9 Å². The Hall–Kier alpha value is -5.55. The summed E-state index contributed by atoms with van der Waals surface area (Å²) in [6.07, 6.45) is 4.61. The number of hydrogen-bond donors (Lipinski definition) is 0. The van der Waals surface area contributed by atoms with Crippen LogP contribution in [0, 0.1) is 0 Å². The molecule has 5 aromatic heterocycles. The van der Waals surface area contributed by atoms with Gasteiger partial charge in [0.05, 0.1) is 11.0 Å². The number of para-hydroxylation sites is 1. The normalized spacial score (nSPS) is 12.8. The fourth-order valence-corrected chi connectivity index (χ4v) is 7.18. The minimum Gasteiger partial charge on any atom is -0.308 e. The van der Waals surface area contributed by atoms with E-state index in [-0.39, 0.29) is 0 Å². The Morgan fingerprint density at radius 1 is 0.537 bits per heavy atom. The molecule has 1 aliphatic carbocycles. The summed E-state index contributed by atoms with van der Waals surface area (Å²) in [5.74, 6) is 0. The average Bonchev–Trinajstić information content (AvgIpc) is 3.71. The van der Waals surface area contributed by atoms with Crippen molar-refractivity contribution in [3.05, 3.63) is 127 Å². The Morgan fingerprint density at radius 3 is 2.20 bits per heavy atom. The smallest absolute Gasteiger partial charge is 0.166 e. The lowest BCUT2D eigenvalue weighted by Crippen LogP contribution is -1.99. The van der Waals surface area contributed by atoms with Gasteiger partial charge in [0, 0.05) is 51.4 Å². The second-order valence-electron chi connectivity index (χ2n) is 10.9. The largest absolute Gasteiger partial charge is 0.308 e. The van der Waals surface area contributed by atoms with Crippen LogP contribution in [0.1, 0.15) is 11.1 Å². The maximum Gasteiger partial charge on any atom is 0.166 e. The van der Waals surface area contributed by atoms with Gasteiger partial charge in [0.2, 0.25) is 0 Å². The number of pyridine rings is 3. The van der Waals surface area contributed by atoms with E-state index in [0.29, 0.717) is 0 Å². The number of rotatable bonds is 1. The van der Waals surface area contributed by atoms with Gasteiger partial charge in [-0.2, -0.15) is 0 Å².